The molecule has 2 aliphatic rings. The molecule has 4 rings (SSSR count). The lowest BCUT2D eigenvalue weighted by molar-refractivity contribution is -0.385. The number of amides is 1. The van der Waals surface area contributed by atoms with Crippen LogP contribution in [0.25, 0.3) is 0 Å². The standard InChI is InChI=1S/C12H12N2O3.C8H6FNO4/c15-12-7-8-6-10(14(16)17)4-5-11(8)13(12)9-2-1-3-9;9-7-2-1-6(10(13)14)3-5(7)4-8(11)12/h4-6,9H,1-3,7H2;1-3H,4H2,(H,11,12). The molecule has 1 aliphatic heterocycles. The monoisotopic (exact) mass is 431 g/mol. The molecule has 0 saturated heterocycles. The van der Waals surface area contributed by atoms with Gasteiger partial charge in [-0.15, -0.1) is 0 Å². The first-order valence-corrected chi connectivity index (χ1v) is 9.41. The third-order valence-corrected chi connectivity index (χ3v) is 5.17. The highest BCUT2D eigenvalue weighted by Crippen LogP contribution is 2.38. The van der Waals surface area contributed by atoms with E-state index in [1.165, 1.54) is 12.1 Å². The Morgan fingerprint density at radius 2 is 1.71 bits per heavy atom. The quantitative estimate of drug-likeness (QED) is 0.564. The zero-order valence-electron chi connectivity index (χ0n) is 16.2. The SMILES string of the molecule is O=C(O)Cc1cc([N+](=O)[O-])ccc1F.O=C1Cc2cc([N+](=O)[O-])ccc2N1C1CCC1. The number of hydrogen-bond donors (Lipinski definition) is 1. The first-order chi connectivity index (χ1) is 14.7. The summed E-state index contributed by atoms with van der Waals surface area (Å²) < 4.78 is 12.9. The highest BCUT2D eigenvalue weighted by Gasteiger charge is 2.36. The summed E-state index contributed by atoms with van der Waals surface area (Å²) in [6, 6.07) is 7.80. The van der Waals surface area contributed by atoms with Crippen molar-refractivity contribution in [2.75, 3.05) is 4.90 Å². The van der Waals surface area contributed by atoms with Crippen LogP contribution in [0.1, 0.15) is 30.4 Å². The number of anilines is 1. The lowest BCUT2D eigenvalue weighted by atomic mass is 9.91. The summed E-state index contributed by atoms with van der Waals surface area (Å²) in [5.41, 5.74) is 1.21. The van der Waals surface area contributed by atoms with Crippen molar-refractivity contribution in [3.05, 3.63) is 73.6 Å². The molecule has 2 aromatic rings. The number of hydrogen-bond acceptors (Lipinski definition) is 6. The van der Waals surface area contributed by atoms with Gasteiger partial charge < -0.3 is 10.0 Å². The van der Waals surface area contributed by atoms with Gasteiger partial charge in [-0.25, -0.2) is 4.39 Å². The molecule has 1 heterocycles. The number of nitrogens with zero attached hydrogens (tertiary/aromatic N) is 3. The fourth-order valence-electron chi connectivity index (χ4n) is 3.46. The molecule has 0 spiro atoms. The Morgan fingerprint density at radius 3 is 2.26 bits per heavy atom. The summed E-state index contributed by atoms with van der Waals surface area (Å²) in [6.45, 7) is 0. The number of aliphatic carboxylic acids is 1. The molecule has 0 atom stereocenters. The van der Waals surface area contributed by atoms with Gasteiger partial charge in [0.15, 0.2) is 0 Å². The molecule has 0 radical (unpaired) electrons. The maximum Gasteiger partial charge on any atom is 0.307 e. The van der Waals surface area contributed by atoms with Crippen LogP contribution < -0.4 is 4.90 Å². The number of non-ortho nitro benzene ring substituents is 2. The average Bonchev–Trinajstić information content (AvgIpc) is 2.97. The maximum absolute atomic E-state index is 12.9. The van der Waals surface area contributed by atoms with Crippen molar-refractivity contribution in [3.8, 4) is 0 Å². The van der Waals surface area contributed by atoms with Gasteiger partial charge >= 0.3 is 5.97 Å². The van der Waals surface area contributed by atoms with Crippen molar-refractivity contribution in [3.63, 3.8) is 0 Å². The molecule has 0 unspecified atom stereocenters. The maximum atomic E-state index is 12.9. The van der Waals surface area contributed by atoms with Gasteiger partial charge in [0.05, 0.1) is 22.7 Å². The van der Waals surface area contributed by atoms with E-state index in [9.17, 15) is 34.2 Å². The Hall–Kier alpha value is -3.89. The molecule has 11 heteroatoms. The first-order valence-electron chi connectivity index (χ1n) is 9.41. The van der Waals surface area contributed by atoms with Crippen LogP contribution in [-0.4, -0.2) is 32.9 Å². The molecule has 1 fully saturated rings. The average molecular weight is 431 g/mol. The van der Waals surface area contributed by atoms with Crippen LogP contribution in [0, 0.1) is 26.0 Å². The molecule has 31 heavy (non-hydrogen) atoms. The van der Waals surface area contributed by atoms with Gasteiger partial charge in [0.1, 0.15) is 5.82 Å². The summed E-state index contributed by atoms with van der Waals surface area (Å²) in [6.07, 6.45) is 2.99. The van der Waals surface area contributed by atoms with Gasteiger partial charge in [-0.2, -0.15) is 0 Å². The Balaban J connectivity index is 0.000000180. The van der Waals surface area contributed by atoms with E-state index in [1.54, 1.807) is 6.07 Å². The molecule has 1 aliphatic carbocycles. The number of carboxylic acids is 1. The zero-order valence-corrected chi connectivity index (χ0v) is 16.2. The van der Waals surface area contributed by atoms with Gasteiger partial charge in [-0.1, -0.05) is 0 Å². The van der Waals surface area contributed by atoms with E-state index in [0.717, 1.165) is 48.7 Å². The van der Waals surface area contributed by atoms with Gasteiger partial charge in [-0.05, 0) is 37.0 Å². The minimum atomic E-state index is -1.23. The second kappa shape index (κ2) is 8.86. The summed E-state index contributed by atoms with van der Waals surface area (Å²) in [7, 11) is 0. The minimum Gasteiger partial charge on any atom is -0.481 e. The van der Waals surface area contributed by atoms with Crippen LogP contribution >= 0.6 is 0 Å². The van der Waals surface area contributed by atoms with E-state index in [1.807, 2.05) is 4.90 Å². The summed E-state index contributed by atoms with van der Waals surface area (Å²) in [5, 5.41) is 29.3. The van der Waals surface area contributed by atoms with Crippen molar-refractivity contribution >= 4 is 28.9 Å². The van der Waals surface area contributed by atoms with Crippen molar-refractivity contribution in [1.29, 1.82) is 0 Å². The van der Waals surface area contributed by atoms with Crippen LogP contribution in [0.4, 0.5) is 21.5 Å². The number of benzene rings is 2. The predicted octanol–water partition coefficient (Wildman–Crippen LogP) is 3.40. The Morgan fingerprint density at radius 1 is 1.10 bits per heavy atom. The third kappa shape index (κ3) is 4.82. The predicted molar refractivity (Wildman–Crippen MR) is 106 cm³/mol. The van der Waals surface area contributed by atoms with Crippen molar-refractivity contribution < 1.29 is 28.9 Å². The fraction of sp³-hybridized carbons (Fsp3) is 0.300. The number of carboxylic acid groups (broad SMARTS) is 1. The molecule has 162 valence electrons. The van der Waals surface area contributed by atoms with Gasteiger partial charge in [0.25, 0.3) is 11.4 Å². The van der Waals surface area contributed by atoms with E-state index in [2.05, 4.69) is 0 Å². The van der Waals surface area contributed by atoms with E-state index >= 15 is 0 Å². The van der Waals surface area contributed by atoms with Crippen LogP contribution in [0.5, 0.6) is 0 Å². The zero-order chi connectivity index (χ0) is 22.7. The second-order valence-electron chi connectivity index (χ2n) is 7.20. The van der Waals surface area contributed by atoms with Crippen LogP contribution in [0.2, 0.25) is 0 Å². The summed E-state index contributed by atoms with van der Waals surface area (Å²) in [4.78, 5) is 43.8. The smallest absolute Gasteiger partial charge is 0.307 e. The molecule has 0 bridgehead atoms. The summed E-state index contributed by atoms with van der Waals surface area (Å²) >= 11 is 0. The van der Waals surface area contributed by atoms with Gasteiger partial charge in [0, 0.05) is 41.6 Å². The molecular weight excluding hydrogens is 413 g/mol. The van der Waals surface area contributed by atoms with Crippen LogP contribution in [0.3, 0.4) is 0 Å². The minimum absolute atomic E-state index is 0.0620. The van der Waals surface area contributed by atoms with Crippen molar-refractivity contribution in [1.82, 2.24) is 0 Å². The molecular formula is C20H18FN3O7. The molecule has 0 aromatic heterocycles. The van der Waals surface area contributed by atoms with E-state index in [4.69, 9.17) is 5.11 Å². The number of halogens is 1. The van der Waals surface area contributed by atoms with E-state index in [0.29, 0.717) is 12.5 Å². The number of rotatable bonds is 5. The number of nitro benzene ring substituents is 2. The first kappa shape index (κ1) is 21.8. The molecule has 1 N–H and O–H groups in total. The fourth-order valence-corrected chi connectivity index (χ4v) is 3.46. The van der Waals surface area contributed by atoms with Gasteiger partial charge in [0.2, 0.25) is 5.91 Å². The topological polar surface area (TPSA) is 144 Å². The van der Waals surface area contributed by atoms with Crippen molar-refractivity contribution in [2.45, 2.75) is 38.1 Å². The number of carbonyl (C=O) groups excluding carboxylic acids is 1. The Labute approximate surface area is 175 Å². The highest BCUT2D eigenvalue weighted by atomic mass is 19.1. The lowest BCUT2D eigenvalue weighted by Gasteiger charge is -2.35. The Kier molecular flexibility index (Phi) is 6.23. The number of carbonyl (C=O) groups is 2. The second-order valence-corrected chi connectivity index (χ2v) is 7.20. The molecule has 1 saturated carbocycles. The lowest BCUT2D eigenvalue weighted by Crippen LogP contribution is -2.42. The number of fused-ring (bicyclic) bond motifs is 1. The molecule has 10 nitrogen and oxygen atoms in total. The van der Waals surface area contributed by atoms with Crippen molar-refractivity contribution in [2.24, 2.45) is 0 Å². The highest BCUT2D eigenvalue weighted by molar-refractivity contribution is 6.02. The largest absolute Gasteiger partial charge is 0.481 e. The molecule has 2 aromatic carbocycles. The molecule has 1 amide bonds. The normalized spacial score (nSPS) is 14.9. The van der Waals surface area contributed by atoms with Gasteiger partial charge in [-0.3, -0.25) is 29.8 Å². The third-order valence-electron chi connectivity index (χ3n) is 5.17. The van der Waals surface area contributed by atoms with Crippen LogP contribution in [-0.2, 0) is 22.4 Å². The summed E-state index contributed by atoms with van der Waals surface area (Å²) in [5.74, 6) is -1.91. The Bertz CT molecular complexity index is 1070. The van der Waals surface area contributed by atoms with E-state index < -0.39 is 28.1 Å². The number of nitro groups is 2. The van der Waals surface area contributed by atoms with E-state index in [-0.39, 0.29) is 22.8 Å². The van der Waals surface area contributed by atoms with Crippen LogP contribution in [0.15, 0.2) is 36.4 Å².